The zero-order chi connectivity index (χ0) is 24.9. The van der Waals surface area contributed by atoms with Gasteiger partial charge in [-0.3, -0.25) is 9.10 Å². The summed E-state index contributed by atoms with van der Waals surface area (Å²) in [7, 11) is -1.84. The van der Waals surface area contributed by atoms with Gasteiger partial charge in [0.25, 0.3) is 15.9 Å². The summed E-state index contributed by atoms with van der Waals surface area (Å²) in [5.74, 6) is -0.409. The molecule has 180 valence electrons. The van der Waals surface area contributed by atoms with Gasteiger partial charge in [-0.05, 0) is 60.2 Å². The van der Waals surface area contributed by atoms with Gasteiger partial charge in [-0.25, -0.2) is 8.42 Å². The molecule has 1 aliphatic heterocycles. The Kier molecular flexibility index (Phi) is 5.50. The number of aryl methyl sites for hydroxylation is 2. The number of fused-ring (bicyclic) bond motifs is 4. The van der Waals surface area contributed by atoms with Gasteiger partial charge in [-0.15, -0.1) is 0 Å². The van der Waals surface area contributed by atoms with E-state index in [1.165, 1.54) is 39.9 Å². The summed E-state index contributed by atoms with van der Waals surface area (Å²) < 4.78 is 31.2. The molecule has 0 aliphatic carbocycles. The summed E-state index contributed by atoms with van der Waals surface area (Å²) >= 11 is 1.47. The fourth-order valence-electron chi connectivity index (χ4n) is 4.76. The van der Waals surface area contributed by atoms with Crippen LogP contribution in [0, 0.1) is 0 Å². The molecule has 0 radical (unpaired) electrons. The van der Waals surface area contributed by atoms with Crippen LogP contribution in [0.2, 0.25) is 0 Å². The van der Waals surface area contributed by atoms with Crippen LogP contribution in [0.1, 0.15) is 22.3 Å². The van der Waals surface area contributed by atoms with E-state index in [9.17, 15) is 13.2 Å². The van der Waals surface area contributed by atoms with Crippen LogP contribution >= 0.6 is 11.3 Å². The van der Waals surface area contributed by atoms with E-state index in [0.29, 0.717) is 16.9 Å². The number of carbonyl (C=O) groups excluding carboxylic acids is 1. The van der Waals surface area contributed by atoms with Gasteiger partial charge in [-0.1, -0.05) is 59.9 Å². The molecular weight excluding hydrogens is 490 g/mol. The lowest BCUT2D eigenvalue weighted by molar-refractivity contribution is 0.0998. The molecule has 8 heteroatoms. The molecule has 0 atom stereocenters. The smallest absolute Gasteiger partial charge is 0.279 e. The van der Waals surface area contributed by atoms with Crippen molar-refractivity contribution >= 4 is 53.9 Å². The monoisotopic (exact) mass is 513 g/mol. The molecule has 0 saturated carbocycles. The van der Waals surface area contributed by atoms with Crippen molar-refractivity contribution in [3.05, 3.63) is 101 Å². The van der Waals surface area contributed by atoms with E-state index in [0.717, 1.165) is 45.1 Å². The molecule has 0 N–H and O–H groups in total. The highest BCUT2D eigenvalue weighted by Gasteiger charge is 2.29. The number of nitrogens with zero attached hydrogens (tertiary/aromatic N) is 3. The zero-order valence-corrected chi connectivity index (χ0v) is 21.2. The molecule has 1 aromatic heterocycles. The average molecular weight is 514 g/mol. The molecule has 1 aliphatic rings. The molecule has 4 aromatic carbocycles. The van der Waals surface area contributed by atoms with Crippen molar-refractivity contribution in [2.75, 3.05) is 10.8 Å². The number of hydrogen-bond acceptors (Lipinski definition) is 4. The van der Waals surface area contributed by atoms with Gasteiger partial charge in [0.05, 0.1) is 20.8 Å². The van der Waals surface area contributed by atoms with E-state index in [-0.39, 0.29) is 4.90 Å². The van der Waals surface area contributed by atoms with Crippen LogP contribution in [0.15, 0.2) is 94.8 Å². The molecule has 0 unspecified atom stereocenters. The van der Waals surface area contributed by atoms with Gasteiger partial charge in [0.1, 0.15) is 0 Å². The molecule has 2 heterocycles. The second-order valence-corrected chi connectivity index (χ2v) is 11.7. The number of anilines is 1. The average Bonchev–Trinajstić information content (AvgIpc) is 3.23. The molecule has 6 nitrogen and oxygen atoms in total. The lowest BCUT2D eigenvalue weighted by Gasteiger charge is -2.30. The highest BCUT2D eigenvalue weighted by Crippen LogP contribution is 2.32. The summed E-state index contributed by atoms with van der Waals surface area (Å²) in [6, 6.07) is 25.9. The van der Waals surface area contributed by atoms with Crippen LogP contribution in [0.5, 0.6) is 0 Å². The standard InChI is InChI=1S/C28H23N3O3S2/c1-30-25-17-14-19-7-2-4-10-23(19)26(25)35-28(30)29-27(32)21-12-15-22(16-13-21)36(33,34)31-18-6-9-20-8-3-5-11-24(20)31/h2-5,7-8,10-17H,6,9,18H2,1H3. The molecule has 0 fully saturated rings. The number of thiazole rings is 1. The van der Waals surface area contributed by atoms with Crippen LogP contribution in [-0.2, 0) is 23.5 Å². The van der Waals surface area contributed by atoms with Gasteiger partial charge in [0.15, 0.2) is 4.80 Å². The third kappa shape index (κ3) is 3.73. The predicted octanol–water partition coefficient (Wildman–Crippen LogP) is 5.28. The minimum absolute atomic E-state index is 0.162. The maximum atomic E-state index is 13.4. The number of carbonyl (C=O) groups is 1. The Labute approximate surface area is 212 Å². The summed E-state index contributed by atoms with van der Waals surface area (Å²) in [4.78, 5) is 18.1. The van der Waals surface area contributed by atoms with E-state index in [1.807, 2.05) is 54.1 Å². The van der Waals surface area contributed by atoms with Gasteiger partial charge < -0.3 is 4.57 Å². The number of amides is 1. The first kappa shape index (κ1) is 22.7. The first-order chi connectivity index (χ1) is 17.4. The fourth-order valence-corrected chi connectivity index (χ4v) is 7.45. The van der Waals surface area contributed by atoms with Gasteiger partial charge >= 0.3 is 0 Å². The maximum Gasteiger partial charge on any atom is 0.279 e. The Morgan fingerprint density at radius 2 is 1.67 bits per heavy atom. The molecule has 5 aromatic rings. The third-order valence-electron chi connectivity index (χ3n) is 6.65. The number of rotatable bonds is 3. The quantitative estimate of drug-likeness (QED) is 0.330. The molecule has 0 saturated heterocycles. The first-order valence-corrected chi connectivity index (χ1v) is 14.0. The van der Waals surface area contributed by atoms with Crippen LogP contribution in [0.25, 0.3) is 21.0 Å². The maximum absolute atomic E-state index is 13.4. The second kappa shape index (κ2) is 8.72. The van der Waals surface area contributed by atoms with Crippen LogP contribution < -0.4 is 9.11 Å². The van der Waals surface area contributed by atoms with Gasteiger partial charge in [0, 0.05) is 24.5 Å². The lowest BCUT2D eigenvalue weighted by atomic mass is 10.0. The summed E-state index contributed by atoms with van der Waals surface area (Å²) in [6.45, 7) is 0.437. The molecular formula is C28H23N3O3S2. The predicted molar refractivity (Wildman–Crippen MR) is 144 cm³/mol. The largest absolute Gasteiger partial charge is 0.319 e. The highest BCUT2D eigenvalue weighted by atomic mass is 32.2. The molecule has 6 rings (SSSR count). The molecule has 1 amide bonds. The molecule has 0 bridgehead atoms. The van der Waals surface area contributed by atoms with Gasteiger partial charge in [-0.2, -0.15) is 4.99 Å². The minimum Gasteiger partial charge on any atom is -0.319 e. The Hall–Kier alpha value is -3.75. The van der Waals surface area contributed by atoms with Crippen molar-refractivity contribution in [3.63, 3.8) is 0 Å². The van der Waals surface area contributed by atoms with Crippen molar-refractivity contribution in [3.8, 4) is 0 Å². The number of hydrogen-bond donors (Lipinski definition) is 0. The van der Waals surface area contributed by atoms with Crippen LogP contribution in [-0.4, -0.2) is 25.4 Å². The highest BCUT2D eigenvalue weighted by molar-refractivity contribution is 7.92. The number of sulfonamides is 1. The normalized spacial score (nSPS) is 14.4. The van der Waals surface area contributed by atoms with Crippen LogP contribution in [0.4, 0.5) is 5.69 Å². The van der Waals surface area contributed by atoms with Crippen molar-refractivity contribution in [1.82, 2.24) is 4.57 Å². The molecule has 0 spiro atoms. The lowest BCUT2D eigenvalue weighted by Crippen LogP contribution is -2.35. The Bertz CT molecular complexity index is 1820. The first-order valence-electron chi connectivity index (χ1n) is 11.7. The van der Waals surface area contributed by atoms with Gasteiger partial charge in [0.2, 0.25) is 0 Å². The number of para-hydroxylation sites is 1. The SMILES string of the molecule is Cn1c(=NC(=O)c2ccc(S(=O)(=O)N3CCCc4ccccc43)cc2)sc2c3ccccc3ccc21. The number of aromatic nitrogens is 1. The summed E-state index contributed by atoms with van der Waals surface area (Å²) in [5.41, 5.74) is 3.11. The van der Waals surface area contributed by atoms with Crippen molar-refractivity contribution in [2.24, 2.45) is 12.0 Å². The van der Waals surface area contributed by atoms with Crippen molar-refractivity contribution in [1.29, 1.82) is 0 Å². The summed E-state index contributed by atoms with van der Waals surface area (Å²) in [5, 5.41) is 2.26. The Morgan fingerprint density at radius 1 is 0.917 bits per heavy atom. The van der Waals surface area contributed by atoms with E-state index >= 15 is 0 Å². The topological polar surface area (TPSA) is 71.7 Å². The Balaban J connectivity index is 1.33. The van der Waals surface area contributed by atoms with E-state index < -0.39 is 15.9 Å². The third-order valence-corrected chi connectivity index (χ3v) is 9.66. The second-order valence-electron chi connectivity index (χ2n) is 8.83. The number of benzene rings is 4. The van der Waals surface area contributed by atoms with Crippen molar-refractivity contribution < 1.29 is 13.2 Å². The minimum atomic E-state index is -3.73. The zero-order valence-electron chi connectivity index (χ0n) is 19.6. The Morgan fingerprint density at radius 3 is 2.50 bits per heavy atom. The van der Waals surface area contributed by atoms with Crippen molar-refractivity contribution in [2.45, 2.75) is 17.7 Å². The van der Waals surface area contributed by atoms with E-state index in [2.05, 4.69) is 23.2 Å². The molecule has 36 heavy (non-hydrogen) atoms. The fraction of sp³-hybridized carbons (Fsp3) is 0.143. The van der Waals surface area contributed by atoms with Crippen LogP contribution in [0.3, 0.4) is 0 Å². The summed E-state index contributed by atoms with van der Waals surface area (Å²) in [6.07, 6.45) is 1.63. The van der Waals surface area contributed by atoms with E-state index in [1.54, 1.807) is 0 Å². The van der Waals surface area contributed by atoms with E-state index in [4.69, 9.17) is 0 Å².